The van der Waals surface area contributed by atoms with Crippen molar-refractivity contribution >= 4 is 17.7 Å². The van der Waals surface area contributed by atoms with Crippen LogP contribution in [0.3, 0.4) is 0 Å². The lowest BCUT2D eigenvalue weighted by Crippen LogP contribution is -2.16. The molecule has 58 valence electrons. The van der Waals surface area contributed by atoms with E-state index in [9.17, 15) is 4.79 Å². The lowest BCUT2D eigenvalue weighted by Gasteiger charge is -2.00. The van der Waals surface area contributed by atoms with Gasteiger partial charge in [0.25, 0.3) is 0 Å². The number of hydrogen-bond donors (Lipinski definition) is 0. The molecular formula is C6H10O3S. The lowest BCUT2D eigenvalue weighted by molar-refractivity contribution is -0.139. The second-order valence-electron chi connectivity index (χ2n) is 2.02. The topological polar surface area (TPSA) is 35.5 Å². The zero-order valence-corrected chi connectivity index (χ0v) is 6.65. The number of rotatable bonds is 3. The van der Waals surface area contributed by atoms with Crippen molar-refractivity contribution in [1.29, 1.82) is 0 Å². The Labute approximate surface area is 64.1 Å². The van der Waals surface area contributed by atoms with Gasteiger partial charge in [0.1, 0.15) is 0 Å². The minimum Gasteiger partial charge on any atom is -0.437 e. The summed E-state index contributed by atoms with van der Waals surface area (Å²) in [5.41, 5.74) is 0. The Morgan fingerprint density at radius 2 is 2.60 bits per heavy atom. The Kier molecular flexibility index (Phi) is 3.02. The monoisotopic (exact) mass is 162 g/mol. The molecule has 1 rings (SSSR count). The normalized spacial score (nSPS) is 24.9. The fourth-order valence-corrected chi connectivity index (χ4v) is 1.21. The average molecular weight is 162 g/mol. The number of esters is 1. The van der Waals surface area contributed by atoms with E-state index in [1.807, 2.05) is 6.26 Å². The van der Waals surface area contributed by atoms with Crippen LogP contribution in [0.1, 0.15) is 6.42 Å². The van der Waals surface area contributed by atoms with Crippen molar-refractivity contribution in [3.63, 3.8) is 0 Å². The van der Waals surface area contributed by atoms with Gasteiger partial charge in [-0.05, 0) is 18.4 Å². The van der Waals surface area contributed by atoms with Gasteiger partial charge < -0.3 is 9.47 Å². The molecule has 1 unspecified atom stereocenters. The van der Waals surface area contributed by atoms with Crippen molar-refractivity contribution in [1.82, 2.24) is 0 Å². The second kappa shape index (κ2) is 3.83. The number of thioether (sulfide) groups is 1. The second-order valence-corrected chi connectivity index (χ2v) is 3.00. The molecule has 0 radical (unpaired) electrons. The van der Waals surface area contributed by atoms with Crippen molar-refractivity contribution < 1.29 is 14.3 Å². The summed E-state index contributed by atoms with van der Waals surface area (Å²) in [6.07, 6.45) is 2.47. The van der Waals surface area contributed by atoms with Gasteiger partial charge in [0, 0.05) is 0 Å². The van der Waals surface area contributed by atoms with Crippen molar-refractivity contribution in [2.75, 3.05) is 18.8 Å². The molecule has 0 aromatic heterocycles. The van der Waals surface area contributed by atoms with Crippen LogP contribution in [0.2, 0.25) is 0 Å². The molecule has 1 heterocycles. The summed E-state index contributed by atoms with van der Waals surface area (Å²) in [7, 11) is 0. The van der Waals surface area contributed by atoms with E-state index in [-0.39, 0.29) is 18.9 Å². The molecule has 0 bridgehead atoms. The van der Waals surface area contributed by atoms with Crippen LogP contribution in [0, 0.1) is 0 Å². The molecule has 0 spiro atoms. The molecule has 1 fully saturated rings. The van der Waals surface area contributed by atoms with E-state index in [4.69, 9.17) is 4.74 Å². The molecule has 0 aliphatic carbocycles. The Bertz CT molecular complexity index is 126. The summed E-state index contributed by atoms with van der Waals surface area (Å²) in [5.74, 6) is 0.730. The van der Waals surface area contributed by atoms with Crippen molar-refractivity contribution in [2.45, 2.75) is 12.5 Å². The van der Waals surface area contributed by atoms with Gasteiger partial charge in [-0.25, -0.2) is 4.79 Å². The first-order valence-corrected chi connectivity index (χ1v) is 4.51. The van der Waals surface area contributed by atoms with Gasteiger partial charge in [-0.2, -0.15) is 11.8 Å². The number of hydrogen-bond acceptors (Lipinski definition) is 4. The molecule has 0 saturated carbocycles. The summed E-state index contributed by atoms with van der Waals surface area (Å²) < 4.78 is 9.57. The molecule has 3 nitrogen and oxygen atoms in total. The van der Waals surface area contributed by atoms with E-state index in [1.165, 1.54) is 0 Å². The summed E-state index contributed by atoms with van der Waals surface area (Å²) in [6.45, 7) is 0.137. The summed E-state index contributed by atoms with van der Waals surface area (Å²) in [4.78, 5) is 10.7. The summed E-state index contributed by atoms with van der Waals surface area (Å²) in [6, 6.07) is 0. The molecular weight excluding hydrogens is 152 g/mol. The maximum atomic E-state index is 10.7. The maximum Gasteiger partial charge on any atom is 0.337 e. The van der Waals surface area contributed by atoms with Crippen LogP contribution >= 0.6 is 11.8 Å². The van der Waals surface area contributed by atoms with E-state index in [0.29, 0.717) is 0 Å². The highest BCUT2D eigenvalue weighted by Crippen LogP contribution is 2.11. The average Bonchev–Trinajstić information content (AvgIpc) is 2.31. The van der Waals surface area contributed by atoms with Gasteiger partial charge in [-0.1, -0.05) is 0 Å². The minimum absolute atomic E-state index is 0.137. The molecule has 1 aliphatic heterocycles. The molecule has 1 aliphatic rings. The third kappa shape index (κ3) is 1.88. The predicted octanol–water partition coefficient (Wildman–Crippen LogP) is 0.639. The van der Waals surface area contributed by atoms with Gasteiger partial charge in [0.05, 0.1) is 0 Å². The summed E-state index contributed by atoms with van der Waals surface area (Å²) >= 11 is 1.70. The maximum absolute atomic E-state index is 10.7. The first-order valence-electron chi connectivity index (χ1n) is 3.12. The Morgan fingerprint density at radius 1 is 1.80 bits per heavy atom. The molecule has 1 saturated heterocycles. The van der Waals surface area contributed by atoms with Crippen LogP contribution < -0.4 is 0 Å². The lowest BCUT2D eigenvalue weighted by atomic mass is 10.3. The number of carbonyl (C=O) groups excluding carboxylic acids is 1. The van der Waals surface area contributed by atoms with Gasteiger partial charge >= 0.3 is 5.97 Å². The van der Waals surface area contributed by atoms with Crippen LogP contribution in [0.15, 0.2) is 0 Å². The van der Waals surface area contributed by atoms with E-state index in [0.717, 1.165) is 12.2 Å². The highest BCUT2D eigenvalue weighted by atomic mass is 32.2. The number of cyclic esters (lactones) is 1. The quantitative estimate of drug-likeness (QED) is 0.570. The highest BCUT2D eigenvalue weighted by molar-refractivity contribution is 7.98. The van der Waals surface area contributed by atoms with E-state index >= 15 is 0 Å². The Balaban J connectivity index is 2.20. The third-order valence-electron chi connectivity index (χ3n) is 1.32. The first kappa shape index (κ1) is 7.88. The standard InChI is InChI=1S/C6H10O3S/c1-10-3-2-5-6(7)9-4-8-5/h5H,2-4H2,1H3. The number of carbonyl (C=O) groups is 1. The fourth-order valence-electron chi connectivity index (χ4n) is 0.761. The SMILES string of the molecule is CSCCC1OCOC1=O. The third-order valence-corrected chi connectivity index (χ3v) is 1.96. The molecule has 10 heavy (non-hydrogen) atoms. The van der Waals surface area contributed by atoms with Crippen LogP contribution in [0.5, 0.6) is 0 Å². The predicted molar refractivity (Wildman–Crippen MR) is 38.8 cm³/mol. The van der Waals surface area contributed by atoms with Crippen molar-refractivity contribution in [2.24, 2.45) is 0 Å². The minimum atomic E-state index is -0.299. The Morgan fingerprint density at radius 3 is 3.10 bits per heavy atom. The zero-order chi connectivity index (χ0) is 7.40. The van der Waals surface area contributed by atoms with E-state index in [1.54, 1.807) is 11.8 Å². The van der Waals surface area contributed by atoms with Crippen molar-refractivity contribution in [3.05, 3.63) is 0 Å². The number of ether oxygens (including phenoxy) is 2. The smallest absolute Gasteiger partial charge is 0.337 e. The molecule has 0 amide bonds. The Hall–Kier alpha value is -0.220. The van der Waals surface area contributed by atoms with E-state index in [2.05, 4.69) is 4.74 Å². The fraction of sp³-hybridized carbons (Fsp3) is 0.833. The molecule has 0 N–H and O–H groups in total. The first-order chi connectivity index (χ1) is 4.84. The van der Waals surface area contributed by atoms with Gasteiger partial charge in [0.2, 0.25) is 0 Å². The molecule has 4 heteroatoms. The summed E-state index contributed by atoms with van der Waals surface area (Å²) in [5, 5.41) is 0. The molecule has 1 atom stereocenters. The van der Waals surface area contributed by atoms with Gasteiger partial charge in [-0.15, -0.1) is 0 Å². The van der Waals surface area contributed by atoms with Gasteiger partial charge in [-0.3, -0.25) is 0 Å². The van der Waals surface area contributed by atoms with Crippen LogP contribution in [-0.2, 0) is 14.3 Å². The zero-order valence-electron chi connectivity index (χ0n) is 5.83. The van der Waals surface area contributed by atoms with Crippen molar-refractivity contribution in [3.8, 4) is 0 Å². The molecule has 0 aromatic rings. The van der Waals surface area contributed by atoms with Crippen LogP contribution in [-0.4, -0.2) is 30.9 Å². The molecule has 0 aromatic carbocycles. The van der Waals surface area contributed by atoms with Crippen LogP contribution in [0.4, 0.5) is 0 Å². The van der Waals surface area contributed by atoms with E-state index < -0.39 is 0 Å². The van der Waals surface area contributed by atoms with Crippen LogP contribution in [0.25, 0.3) is 0 Å². The highest BCUT2D eigenvalue weighted by Gasteiger charge is 2.26. The van der Waals surface area contributed by atoms with Gasteiger partial charge in [0.15, 0.2) is 12.9 Å². The largest absolute Gasteiger partial charge is 0.437 e.